The molecule has 5 rings (SSSR count). The van der Waals surface area contributed by atoms with E-state index in [9.17, 15) is 4.79 Å². The Labute approximate surface area is 159 Å². The van der Waals surface area contributed by atoms with Crippen molar-refractivity contribution >= 4 is 11.9 Å². The normalized spacial score (nSPS) is 13.6. The Balaban J connectivity index is 1.21. The van der Waals surface area contributed by atoms with Crippen molar-refractivity contribution < 1.29 is 28.2 Å². The molecule has 142 valence electrons. The minimum absolute atomic E-state index is 0.0569. The summed E-state index contributed by atoms with van der Waals surface area (Å²) in [6.07, 6.45) is 0.568. The van der Waals surface area contributed by atoms with Gasteiger partial charge >= 0.3 is 6.01 Å². The van der Waals surface area contributed by atoms with Crippen molar-refractivity contribution in [3.63, 3.8) is 0 Å². The minimum Gasteiger partial charge on any atom is -0.454 e. The number of fused-ring (bicyclic) bond motifs is 2. The monoisotopic (exact) mass is 381 g/mol. The summed E-state index contributed by atoms with van der Waals surface area (Å²) in [7, 11) is 0. The number of amides is 1. The zero-order valence-corrected chi connectivity index (χ0v) is 14.6. The average Bonchev–Trinajstić information content (AvgIpc) is 3.41. The summed E-state index contributed by atoms with van der Waals surface area (Å²) < 4.78 is 26.7. The maximum absolute atomic E-state index is 12.2. The van der Waals surface area contributed by atoms with Crippen molar-refractivity contribution in [3.8, 4) is 23.0 Å². The third-order valence-corrected chi connectivity index (χ3v) is 4.31. The van der Waals surface area contributed by atoms with Gasteiger partial charge in [-0.15, -0.1) is 5.10 Å². The van der Waals surface area contributed by atoms with E-state index >= 15 is 0 Å². The number of hydrogen-bond acceptors (Lipinski definition) is 8. The van der Waals surface area contributed by atoms with Crippen molar-refractivity contribution in [1.82, 2.24) is 10.2 Å². The number of anilines is 1. The molecule has 1 amide bonds. The maximum atomic E-state index is 12.2. The molecular formula is C19H15N3O6. The fourth-order valence-electron chi connectivity index (χ4n) is 3.00. The number of aromatic nitrogens is 2. The van der Waals surface area contributed by atoms with Crippen LogP contribution in [0.4, 0.5) is 6.01 Å². The third-order valence-electron chi connectivity index (χ3n) is 4.31. The second-order valence-electron chi connectivity index (χ2n) is 6.28. The highest BCUT2D eigenvalue weighted by atomic mass is 16.7. The molecule has 2 aromatic carbocycles. The van der Waals surface area contributed by atoms with Crippen LogP contribution < -0.4 is 24.3 Å². The maximum Gasteiger partial charge on any atom is 0.322 e. The van der Waals surface area contributed by atoms with Crippen LogP contribution >= 0.6 is 0 Å². The molecule has 0 unspecified atom stereocenters. The smallest absolute Gasteiger partial charge is 0.322 e. The van der Waals surface area contributed by atoms with Crippen LogP contribution in [0.25, 0.3) is 0 Å². The van der Waals surface area contributed by atoms with Crippen LogP contribution in [0.3, 0.4) is 0 Å². The van der Waals surface area contributed by atoms with Gasteiger partial charge in [0.15, 0.2) is 23.0 Å². The first-order valence-electron chi connectivity index (χ1n) is 8.62. The molecule has 0 bridgehead atoms. The topological polar surface area (TPSA) is 105 Å². The fraction of sp³-hybridized carbons (Fsp3) is 0.211. The van der Waals surface area contributed by atoms with E-state index in [-0.39, 0.29) is 31.9 Å². The molecule has 9 heteroatoms. The van der Waals surface area contributed by atoms with E-state index in [0.717, 1.165) is 11.1 Å². The van der Waals surface area contributed by atoms with Crippen molar-refractivity contribution in [2.75, 3.05) is 18.9 Å². The lowest BCUT2D eigenvalue weighted by Gasteiger charge is -2.03. The lowest BCUT2D eigenvalue weighted by atomic mass is 10.1. The van der Waals surface area contributed by atoms with Gasteiger partial charge in [-0.05, 0) is 35.4 Å². The summed E-state index contributed by atoms with van der Waals surface area (Å²) in [6.45, 7) is 0.415. The Morgan fingerprint density at radius 1 is 0.857 bits per heavy atom. The standard InChI is InChI=1S/C19H15N3O6/c23-17(7-11-1-3-13-15(5-11)26-9-24-13)20-19-22-21-18(28-19)8-12-2-4-14-16(6-12)27-10-25-14/h1-6H,7-10H2,(H,20,22,23). The zero-order chi connectivity index (χ0) is 18.9. The van der Waals surface area contributed by atoms with Gasteiger partial charge in [0.1, 0.15) is 0 Å². The van der Waals surface area contributed by atoms with Gasteiger partial charge in [0.2, 0.25) is 25.4 Å². The first kappa shape index (κ1) is 16.4. The summed E-state index contributed by atoms with van der Waals surface area (Å²) in [5.74, 6) is 2.83. The van der Waals surface area contributed by atoms with Crippen LogP contribution in [-0.2, 0) is 17.6 Å². The predicted molar refractivity (Wildman–Crippen MR) is 94.6 cm³/mol. The Morgan fingerprint density at radius 2 is 1.50 bits per heavy atom. The highest BCUT2D eigenvalue weighted by Gasteiger charge is 2.17. The van der Waals surface area contributed by atoms with E-state index in [1.807, 2.05) is 24.3 Å². The lowest BCUT2D eigenvalue weighted by Crippen LogP contribution is -2.14. The number of rotatable bonds is 5. The number of ether oxygens (including phenoxy) is 4. The zero-order valence-electron chi connectivity index (χ0n) is 14.6. The molecule has 2 aliphatic heterocycles. The van der Waals surface area contributed by atoms with Gasteiger partial charge in [-0.3, -0.25) is 10.1 Å². The van der Waals surface area contributed by atoms with Gasteiger partial charge < -0.3 is 23.4 Å². The number of nitrogens with one attached hydrogen (secondary N) is 1. The first-order valence-corrected chi connectivity index (χ1v) is 8.62. The molecule has 9 nitrogen and oxygen atoms in total. The molecular weight excluding hydrogens is 366 g/mol. The summed E-state index contributed by atoms with van der Waals surface area (Å²) in [5, 5.41) is 10.5. The van der Waals surface area contributed by atoms with Gasteiger partial charge in [-0.2, -0.15) is 0 Å². The largest absolute Gasteiger partial charge is 0.454 e. The van der Waals surface area contributed by atoms with Gasteiger partial charge in [0.25, 0.3) is 0 Å². The van der Waals surface area contributed by atoms with Crippen molar-refractivity contribution in [1.29, 1.82) is 0 Å². The van der Waals surface area contributed by atoms with Crippen molar-refractivity contribution in [2.45, 2.75) is 12.8 Å². The Kier molecular flexibility index (Phi) is 3.97. The van der Waals surface area contributed by atoms with E-state index in [4.69, 9.17) is 23.4 Å². The second kappa shape index (κ2) is 6.76. The summed E-state index contributed by atoms with van der Waals surface area (Å²) >= 11 is 0. The number of hydrogen-bond donors (Lipinski definition) is 1. The second-order valence-corrected chi connectivity index (χ2v) is 6.28. The van der Waals surface area contributed by atoms with Crippen LogP contribution in [0.2, 0.25) is 0 Å². The van der Waals surface area contributed by atoms with E-state index in [1.165, 1.54) is 0 Å². The molecule has 2 aliphatic rings. The molecule has 1 aromatic heterocycles. The quantitative estimate of drug-likeness (QED) is 0.718. The number of nitrogens with zero attached hydrogens (tertiary/aromatic N) is 2. The van der Waals surface area contributed by atoms with Gasteiger partial charge in [-0.25, -0.2) is 0 Å². The molecule has 0 fully saturated rings. The summed E-state index contributed by atoms with van der Waals surface area (Å²) in [5.41, 5.74) is 1.73. The number of benzene rings is 2. The molecule has 3 aromatic rings. The molecule has 1 N–H and O–H groups in total. The summed E-state index contributed by atoms with van der Waals surface area (Å²) in [6, 6.07) is 11.0. The summed E-state index contributed by atoms with van der Waals surface area (Å²) in [4.78, 5) is 12.2. The van der Waals surface area contributed by atoms with Crippen LogP contribution in [-0.4, -0.2) is 29.7 Å². The number of carbonyl (C=O) groups excluding carboxylic acids is 1. The predicted octanol–water partition coefficient (Wildman–Crippen LogP) is 2.30. The van der Waals surface area contributed by atoms with Gasteiger partial charge in [0, 0.05) is 0 Å². The first-order chi connectivity index (χ1) is 13.7. The Bertz CT molecular complexity index is 1050. The number of carbonyl (C=O) groups is 1. The molecule has 0 saturated heterocycles. The fourth-order valence-corrected chi connectivity index (χ4v) is 3.00. The van der Waals surface area contributed by atoms with Gasteiger partial charge in [-0.1, -0.05) is 17.2 Å². The Hall–Kier alpha value is -3.75. The van der Waals surface area contributed by atoms with E-state index in [0.29, 0.717) is 35.3 Å². The molecule has 3 heterocycles. The minimum atomic E-state index is -0.267. The van der Waals surface area contributed by atoms with E-state index in [2.05, 4.69) is 15.5 Å². The molecule has 0 radical (unpaired) electrons. The van der Waals surface area contributed by atoms with Crippen LogP contribution in [0, 0.1) is 0 Å². The third kappa shape index (κ3) is 3.29. The van der Waals surface area contributed by atoms with E-state index in [1.54, 1.807) is 12.1 Å². The molecule has 28 heavy (non-hydrogen) atoms. The molecule has 0 aliphatic carbocycles. The van der Waals surface area contributed by atoms with Crippen LogP contribution in [0.5, 0.6) is 23.0 Å². The Morgan fingerprint density at radius 3 is 2.25 bits per heavy atom. The van der Waals surface area contributed by atoms with E-state index < -0.39 is 0 Å². The molecule has 0 saturated carbocycles. The molecule has 0 spiro atoms. The highest BCUT2D eigenvalue weighted by molar-refractivity contribution is 5.90. The molecule has 0 atom stereocenters. The van der Waals surface area contributed by atoms with Crippen molar-refractivity contribution in [2.24, 2.45) is 0 Å². The highest BCUT2D eigenvalue weighted by Crippen LogP contribution is 2.33. The SMILES string of the molecule is O=C(Cc1ccc2c(c1)OCO2)Nc1nnc(Cc2ccc3c(c2)OCO3)o1. The van der Waals surface area contributed by atoms with Crippen LogP contribution in [0.1, 0.15) is 17.0 Å². The van der Waals surface area contributed by atoms with Gasteiger partial charge in [0.05, 0.1) is 12.8 Å². The van der Waals surface area contributed by atoms with Crippen molar-refractivity contribution in [3.05, 3.63) is 53.4 Å². The van der Waals surface area contributed by atoms with Crippen LogP contribution in [0.15, 0.2) is 40.8 Å². The average molecular weight is 381 g/mol. The lowest BCUT2D eigenvalue weighted by molar-refractivity contribution is -0.115.